The lowest BCUT2D eigenvalue weighted by molar-refractivity contribution is -0.142. The summed E-state index contributed by atoms with van der Waals surface area (Å²) in [4.78, 5) is 20.3. The average molecular weight is 285 g/mol. The van der Waals surface area contributed by atoms with Gasteiger partial charge < -0.3 is 10.4 Å². The molecule has 3 rings (SSSR count). The van der Waals surface area contributed by atoms with Crippen LogP contribution in [0.4, 0.5) is 5.82 Å². The molecular weight excluding hydrogens is 266 g/mol. The van der Waals surface area contributed by atoms with Crippen LogP contribution in [0.15, 0.2) is 24.3 Å². The summed E-state index contributed by atoms with van der Waals surface area (Å²) in [5, 5.41) is 12.5. The Morgan fingerprint density at radius 2 is 2.00 bits per heavy atom. The number of carboxylic acids is 1. The number of nitrogens with one attached hydrogen (secondary N) is 1. The molecule has 0 bridgehead atoms. The van der Waals surface area contributed by atoms with E-state index in [0.29, 0.717) is 6.54 Å². The number of fused-ring (bicyclic) bond motifs is 1. The molecule has 1 aromatic heterocycles. The van der Waals surface area contributed by atoms with E-state index in [0.717, 1.165) is 41.8 Å². The Hall–Kier alpha value is -2.17. The molecule has 0 spiro atoms. The summed E-state index contributed by atoms with van der Waals surface area (Å²) in [7, 11) is 0. The maximum atomic E-state index is 11.2. The van der Waals surface area contributed by atoms with Crippen molar-refractivity contribution >= 4 is 22.8 Å². The molecule has 2 unspecified atom stereocenters. The van der Waals surface area contributed by atoms with Gasteiger partial charge in [0.05, 0.1) is 22.6 Å². The van der Waals surface area contributed by atoms with Crippen LogP contribution >= 0.6 is 0 Å². The van der Waals surface area contributed by atoms with Crippen LogP contribution in [0.3, 0.4) is 0 Å². The number of rotatable bonds is 4. The molecule has 0 saturated heterocycles. The van der Waals surface area contributed by atoms with Gasteiger partial charge in [0, 0.05) is 6.54 Å². The third-order valence-corrected chi connectivity index (χ3v) is 4.25. The lowest BCUT2D eigenvalue weighted by Gasteiger charge is -2.17. The zero-order chi connectivity index (χ0) is 14.8. The monoisotopic (exact) mass is 285 g/mol. The van der Waals surface area contributed by atoms with E-state index in [1.54, 1.807) is 0 Å². The molecule has 1 fully saturated rings. The van der Waals surface area contributed by atoms with Crippen molar-refractivity contribution in [2.24, 2.45) is 11.8 Å². The second-order valence-electron chi connectivity index (χ2n) is 5.66. The van der Waals surface area contributed by atoms with Crippen LogP contribution in [0, 0.1) is 18.8 Å². The molecule has 0 aliphatic heterocycles. The van der Waals surface area contributed by atoms with E-state index in [-0.39, 0.29) is 11.8 Å². The molecule has 0 radical (unpaired) electrons. The highest BCUT2D eigenvalue weighted by Crippen LogP contribution is 2.32. The van der Waals surface area contributed by atoms with Gasteiger partial charge in [-0.25, -0.2) is 9.97 Å². The van der Waals surface area contributed by atoms with Crippen LogP contribution in [0.5, 0.6) is 0 Å². The number of benzene rings is 1. The smallest absolute Gasteiger partial charge is 0.306 e. The Kier molecular flexibility index (Phi) is 3.73. The minimum atomic E-state index is -0.680. The van der Waals surface area contributed by atoms with E-state index >= 15 is 0 Å². The summed E-state index contributed by atoms with van der Waals surface area (Å²) in [6, 6.07) is 7.76. The quantitative estimate of drug-likeness (QED) is 0.903. The SMILES string of the molecule is Cc1nc2ccccc2nc1NCC1CCCC1C(=O)O. The normalized spacial score (nSPS) is 21.6. The van der Waals surface area contributed by atoms with Gasteiger partial charge >= 0.3 is 5.97 Å². The highest BCUT2D eigenvalue weighted by Gasteiger charge is 2.32. The summed E-state index contributed by atoms with van der Waals surface area (Å²) < 4.78 is 0. The Labute approximate surface area is 123 Å². The average Bonchev–Trinajstić information content (AvgIpc) is 2.93. The van der Waals surface area contributed by atoms with Crippen molar-refractivity contribution in [2.75, 3.05) is 11.9 Å². The third-order valence-electron chi connectivity index (χ3n) is 4.25. The van der Waals surface area contributed by atoms with E-state index in [1.165, 1.54) is 0 Å². The molecule has 1 saturated carbocycles. The van der Waals surface area contributed by atoms with E-state index in [1.807, 2.05) is 31.2 Å². The summed E-state index contributed by atoms with van der Waals surface area (Å²) in [5.74, 6) is 0.0201. The van der Waals surface area contributed by atoms with E-state index < -0.39 is 5.97 Å². The predicted octanol–water partition coefficient (Wildman–Crippen LogP) is 2.85. The van der Waals surface area contributed by atoms with Crippen molar-refractivity contribution in [2.45, 2.75) is 26.2 Å². The molecule has 1 aliphatic rings. The van der Waals surface area contributed by atoms with E-state index in [9.17, 15) is 9.90 Å². The highest BCUT2D eigenvalue weighted by atomic mass is 16.4. The van der Waals surface area contributed by atoms with Crippen LogP contribution < -0.4 is 5.32 Å². The third kappa shape index (κ3) is 2.82. The first-order valence-electron chi connectivity index (χ1n) is 7.35. The zero-order valence-electron chi connectivity index (χ0n) is 12.0. The zero-order valence-corrected chi connectivity index (χ0v) is 12.0. The number of nitrogens with zero attached hydrogens (tertiary/aromatic N) is 2. The van der Waals surface area contributed by atoms with Gasteiger partial charge in [-0.1, -0.05) is 18.6 Å². The first-order chi connectivity index (χ1) is 10.1. The maximum absolute atomic E-state index is 11.2. The second kappa shape index (κ2) is 5.68. The van der Waals surface area contributed by atoms with Gasteiger partial charge in [0.2, 0.25) is 0 Å². The van der Waals surface area contributed by atoms with Crippen molar-refractivity contribution in [1.29, 1.82) is 0 Å². The first-order valence-corrected chi connectivity index (χ1v) is 7.35. The summed E-state index contributed by atoms with van der Waals surface area (Å²) >= 11 is 0. The Morgan fingerprint density at radius 1 is 1.29 bits per heavy atom. The molecule has 2 aromatic rings. The number of aliphatic carboxylic acids is 1. The van der Waals surface area contributed by atoms with Gasteiger partial charge in [-0.05, 0) is 37.8 Å². The standard InChI is InChI=1S/C16H19N3O2/c1-10-15(19-14-8-3-2-7-13(14)18-10)17-9-11-5-4-6-12(11)16(20)21/h2-3,7-8,11-12H,4-6,9H2,1H3,(H,17,19)(H,20,21). The lowest BCUT2D eigenvalue weighted by Crippen LogP contribution is -2.25. The van der Waals surface area contributed by atoms with Crippen LogP contribution in [0.2, 0.25) is 0 Å². The summed E-state index contributed by atoms with van der Waals surface area (Å²) in [6.45, 7) is 2.57. The maximum Gasteiger partial charge on any atom is 0.306 e. The number of aryl methyl sites for hydroxylation is 1. The summed E-state index contributed by atoms with van der Waals surface area (Å²) in [5.41, 5.74) is 2.58. The van der Waals surface area contributed by atoms with Crippen LogP contribution in [-0.2, 0) is 4.79 Å². The predicted molar refractivity (Wildman–Crippen MR) is 81.2 cm³/mol. The molecule has 5 nitrogen and oxygen atoms in total. The van der Waals surface area contributed by atoms with Gasteiger partial charge in [0.1, 0.15) is 5.82 Å². The molecule has 1 aromatic carbocycles. The number of anilines is 1. The highest BCUT2D eigenvalue weighted by molar-refractivity contribution is 5.76. The Bertz CT molecular complexity index is 672. The Morgan fingerprint density at radius 3 is 2.71 bits per heavy atom. The van der Waals surface area contributed by atoms with Gasteiger partial charge in [0.25, 0.3) is 0 Å². The molecule has 1 aliphatic carbocycles. The second-order valence-corrected chi connectivity index (χ2v) is 5.66. The van der Waals surface area contributed by atoms with Crippen LogP contribution in [0.25, 0.3) is 11.0 Å². The lowest BCUT2D eigenvalue weighted by atomic mass is 9.96. The van der Waals surface area contributed by atoms with Gasteiger partial charge in [-0.3, -0.25) is 4.79 Å². The molecule has 21 heavy (non-hydrogen) atoms. The number of hydrogen-bond donors (Lipinski definition) is 2. The fourth-order valence-electron chi connectivity index (χ4n) is 3.09. The molecular formula is C16H19N3O2. The first kappa shape index (κ1) is 13.8. The largest absolute Gasteiger partial charge is 0.481 e. The number of para-hydroxylation sites is 2. The van der Waals surface area contributed by atoms with Crippen molar-refractivity contribution < 1.29 is 9.90 Å². The van der Waals surface area contributed by atoms with E-state index in [2.05, 4.69) is 15.3 Å². The van der Waals surface area contributed by atoms with Gasteiger partial charge in [0.15, 0.2) is 0 Å². The van der Waals surface area contributed by atoms with Crippen molar-refractivity contribution in [3.8, 4) is 0 Å². The molecule has 2 atom stereocenters. The number of aromatic nitrogens is 2. The molecule has 1 heterocycles. The molecule has 0 amide bonds. The fourth-order valence-corrected chi connectivity index (χ4v) is 3.09. The minimum absolute atomic E-state index is 0.176. The van der Waals surface area contributed by atoms with Crippen LogP contribution in [0.1, 0.15) is 25.0 Å². The molecule has 5 heteroatoms. The number of carbonyl (C=O) groups is 1. The van der Waals surface area contributed by atoms with Crippen LogP contribution in [-0.4, -0.2) is 27.6 Å². The van der Waals surface area contributed by atoms with Crippen molar-refractivity contribution in [3.63, 3.8) is 0 Å². The van der Waals surface area contributed by atoms with Gasteiger partial charge in [-0.15, -0.1) is 0 Å². The number of carboxylic acid groups (broad SMARTS) is 1. The molecule has 110 valence electrons. The molecule has 2 N–H and O–H groups in total. The Balaban J connectivity index is 1.76. The number of hydrogen-bond acceptors (Lipinski definition) is 4. The van der Waals surface area contributed by atoms with Crippen molar-refractivity contribution in [3.05, 3.63) is 30.0 Å². The van der Waals surface area contributed by atoms with Gasteiger partial charge in [-0.2, -0.15) is 0 Å². The topological polar surface area (TPSA) is 75.1 Å². The minimum Gasteiger partial charge on any atom is -0.481 e. The van der Waals surface area contributed by atoms with Crippen molar-refractivity contribution in [1.82, 2.24) is 9.97 Å². The fraction of sp³-hybridized carbons (Fsp3) is 0.438. The van der Waals surface area contributed by atoms with E-state index in [4.69, 9.17) is 0 Å². The summed E-state index contributed by atoms with van der Waals surface area (Å²) in [6.07, 6.45) is 2.74.